The number of carbonyl (C=O) groups is 2. The number of aromatic hydroxyl groups is 1. The van der Waals surface area contributed by atoms with Crippen LogP contribution in [0.1, 0.15) is 141 Å². The van der Waals surface area contributed by atoms with Crippen molar-refractivity contribution in [1.29, 1.82) is 0 Å². The Morgan fingerprint density at radius 3 is 2.41 bits per heavy atom. The zero-order valence-corrected chi connectivity index (χ0v) is 28.4. The Kier molecular flexibility index (Phi) is 11.6. The van der Waals surface area contributed by atoms with Gasteiger partial charge in [-0.15, -0.1) is 0 Å². The highest BCUT2D eigenvalue weighted by molar-refractivity contribution is 5.80. The fourth-order valence-corrected chi connectivity index (χ4v) is 8.66. The third-order valence-corrected chi connectivity index (χ3v) is 11.2. The lowest BCUT2D eigenvalue weighted by atomic mass is 9.45. The third-order valence-electron chi connectivity index (χ3n) is 11.2. The highest BCUT2D eigenvalue weighted by atomic mass is 16.6. The first-order valence-corrected chi connectivity index (χ1v) is 18.2. The number of unbranched alkanes of at least 4 members (excludes halogenated alkanes) is 11. The van der Waals surface area contributed by atoms with Gasteiger partial charge in [0.25, 0.3) is 0 Å². The number of allylic oxidation sites excluding steroid dienone is 2. The number of benzene rings is 1. The molecule has 1 unspecified atom stereocenters. The zero-order valence-electron chi connectivity index (χ0n) is 28.4. The minimum Gasteiger partial charge on any atom is -0.504 e. The molecule has 5 rings (SSSR count). The second-order valence-electron chi connectivity index (χ2n) is 14.4. The SMILES string of the molecule is CCCCCCCC/C=C\CCCCCCCC(=O)O[C@@H](C)C(=O)OC1=CC[C@@]2(O)[C@H]3Cc4ccc(O)c5c4[C@@]2(CCC3C)[C@H]1O5. The minimum atomic E-state index is -1.06. The van der Waals surface area contributed by atoms with Crippen LogP contribution in [-0.4, -0.2) is 40.0 Å². The van der Waals surface area contributed by atoms with Gasteiger partial charge in [-0.2, -0.15) is 0 Å². The summed E-state index contributed by atoms with van der Waals surface area (Å²) in [6.07, 6.45) is 23.0. The Hall–Kier alpha value is -2.80. The monoisotopic (exact) mass is 636 g/mol. The molecule has 1 heterocycles. The van der Waals surface area contributed by atoms with Crippen LogP contribution in [0.3, 0.4) is 0 Å². The lowest BCUT2D eigenvalue weighted by Crippen LogP contribution is -2.69. The van der Waals surface area contributed by atoms with Crippen molar-refractivity contribution in [3.63, 3.8) is 0 Å². The van der Waals surface area contributed by atoms with Gasteiger partial charge in [0.15, 0.2) is 23.7 Å². The first kappa shape index (κ1) is 34.5. The molecule has 1 fully saturated rings. The Morgan fingerprint density at radius 2 is 1.70 bits per heavy atom. The molecule has 0 radical (unpaired) electrons. The Balaban J connectivity index is 1.03. The molecule has 46 heavy (non-hydrogen) atoms. The predicted octanol–water partition coefficient (Wildman–Crippen LogP) is 8.52. The zero-order chi connectivity index (χ0) is 32.7. The molecule has 1 aromatic carbocycles. The summed E-state index contributed by atoms with van der Waals surface area (Å²) in [4.78, 5) is 25.7. The summed E-state index contributed by atoms with van der Waals surface area (Å²) >= 11 is 0. The third kappa shape index (κ3) is 6.90. The van der Waals surface area contributed by atoms with Crippen LogP contribution in [-0.2, 0) is 30.9 Å². The van der Waals surface area contributed by atoms with Crippen LogP contribution in [0.4, 0.5) is 0 Å². The summed E-state index contributed by atoms with van der Waals surface area (Å²) in [6, 6.07) is 3.59. The Labute approximate surface area is 275 Å². The van der Waals surface area contributed by atoms with Gasteiger partial charge in [-0.3, -0.25) is 4.79 Å². The van der Waals surface area contributed by atoms with Gasteiger partial charge < -0.3 is 24.4 Å². The van der Waals surface area contributed by atoms with Gasteiger partial charge in [0.2, 0.25) is 0 Å². The topological polar surface area (TPSA) is 102 Å². The number of hydrogen-bond donors (Lipinski definition) is 2. The second kappa shape index (κ2) is 15.4. The van der Waals surface area contributed by atoms with E-state index < -0.39 is 35.2 Å². The lowest BCUT2D eigenvalue weighted by Gasteiger charge is -2.61. The minimum absolute atomic E-state index is 0.0329. The molecular formula is C39H56O7. The van der Waals surface area contributed by atoms with Gasteiger partial charge in [-0.1, -0.05) is 83.4 Å². The van der Waals surface area contributed by atoms with Crippen LogP contribution < -0.4 is 4.74 Å². The molecule has 3 aliphatic carbocycles. The van der Waals surface area contributed by atoms with Crippen molar-refractivity contribution >= 4 is 11.9 Å². The van der Waals surface area contributed by atoms with E-state index in [0.717, 1.165) is 56.1 Å². The maximum atomic E-state index is 13.1. The summed E-state index contributed by atoms with van der Waals surface area (Å²) in [5.41, 5.74) is 0.102. The molecule has 2 bridgehead atoms. The fourth-order valence-electron chi connectivity index (χ4n) is 8.66. The summed E-state index contributed by atoms with van der Waals surface area (Å²) in [7, 11) is 0. The molecule has 7 heteroatoms. The van der Waals surface area contributed by atoms with Gasteiger partial charge in [-0.25, -0.2) is 4.79 Å². The highest BCUT2D eigenvalue weighted by Gasteiger charge is 2.72. The van der Waals surface area contributed by atoms with E-state index >= 15 is 0 Å². The molecule has 2 N–H and O–H groups in total. The molecular weight excluding hydrogens is 580 g/mol. The van der Waals surface area contributed by atoms with Crippen molar-refractivity contribution in [2.24, 2.45) is 11.8 Å². The lowest BCUT2D eigenvalue weighted by molar-refractivity contribution is -0.176. The number of esters is 2. The van der Waals surface area contributed by atoms with Crippen LogP contribution in [0.25, 0.3) is 0 Å². The quantitative estimate of drug-likeness (QED) is 0.0946. The van der Waals surface area contributed by atoms with E-state index in [4.69, 9.17) is 14.2 Å². The average molecular weight is 637 g/mol. The largest absolute Gasteiger partial charge is 0.504 e. The molecule has 1 spiro atoms. The van der Waals surface area contributed by atoms with Gasteiger partial charge in [-0.05, 0) is 94.3 Å². The summed E-state index contributed by atoms with van der Waals surface area (Å²) in [5, 5.41) is 23.0. The second-order valence-corrected chi connectivity index (χ2v) is 14.4. The maximum Gasteiger partial charge on any atom is 0.352 e. The molecule has 0 saturated heterocycles. The van der Waals surface area contributed by atoms with Crippen molar-refractivity contribution in [3.05, 3.63) is 47.2 Å². The van der Waals surface area contributed by atoms with Gasteiger partial charge in [0.05, 0.1) is 11.0 Å². The van der Waals surface area contributed by atoms with Crippen molar-refractivity contribution < 1.29 is 34.0 Å². The summed E-state index contributed by atoms with van der Waals surface area (Å²) in [6.45, 7) is 5.98. The predicted molar refractivity (Wildman–Crippen MR) is 179 cm³/mol. The molecule has 7 nitrogen and oxygen atoms in total. The standard InChI is InChI=1S/C39H56O7/c1-4-5-6-7-8-9-10-11-12-13-14-15-16-17-18-19-33(41)44-28(3)37(42)45-32-23-25-39(43)30-26-29-20-21-31(40)35-34(29)38(39,36(32)46-35)24-22-27(30)2/h11-12,20-21,23,27-28,30,36,40,43H,4-10,13-19,22,24-26H2,1-3H3/b12-11-/t27?,28-,30-,36-,38-,39+/m0/s1. The van der Waals surface area contributed by atoms with Crippen LogP contribution in [0.5, 0.6) is 11.5 Å². The molecule has 1 aromatic rings. The van der Waals surface area contributed by atoms with E-state index in [-0.39, 0.29) is 18.1 Å². The summed E-state index contributed by atoms with van der Waals surface area (Å²) in [5.74, 6) is 0.0604. The van der Waals surface area contributed by atoms with E-state index in [2.05, 4.69) is 26.0 Å². The van der Waals surface area contributed by atoms with Crippen molar-refractivity contribution in [1.82, 2.24) is 0 Å². The first-order valence-electron chi connectivity index (χ1n) is 18.2. The number of phenolic OH excluding ortho intramolecular Hbond substituents is 1. The number of rotatable bonds is 18. The van der Waals surface area contributed by atoms with Crippen LogP contribution in [0.15, 0.2) is 36.1 Å². The van der Waals surface area contributed by atoms with Crippen LogP contribution >= 0.6 is 0 Å². The number of hydrogen-bond acceptors (Lipinski definition) is 7. The molecule has 0 amide bonds. The summed E-state index contributed by atoms with van der Waals surface area (Å²) < 4.78 is 17.7. The molecule has 1 saturated carbocycles. The molecule has 254 valence electrons. The van der Waals surface area contributed by atoms with E-state index in [1.54, 1.807) is 12.1 Å². The van der Waals surface area contributed by atoms with Crippen molar-refractivity contribution in [2.75, 3.05) is 0 Å². The van der Waals surface area contributed by atoms with E-state index in [0.29, 0.717) is 30.3 Å². The van der Waals surface area contributed by atoms with Gasteiger partial charge in [0.1, 0.15) is 5.76 Å². The maximum absolute atomic E-state index is 13.1. The smallest absolute Gasteiger partial charge is 0.352 e. The van der Waals surface area contributed by atoms with Gasteiger partial charge >= 0.3 is 11.9 Å². The first-order chi connectivity index (χ1) is 22.2. The molecule has 0 aromatic heterocycles. The number of phenols is 1. The Bertz CT molecular complexity index is 1280. The normalized spacial score (nSPS) is 27.9. The molecule has 6 atom stereocenters. The Morgan fingerprint density at radius 1 is 1.02 bits per heavy atom. The van der Waals surface area contributed by atoms with Gasteiger partial charge in [0, 0.05) is 12.0 Å². The van der Waals surface area contributed by atoms with E-state index in [1.165, 1.54) is 58.3 Å². The molecule has 4 aliphatic rings. The van der Waals surface area contributed by atoms with E-state index in [9.17, 15) is 19.8 Å². The average Bonchev–Trinajstić information content (AvgIpc) is 3.40. The van der Waals surface area contributed by atoms with E-state index in [1.807, 2.05) is 6.07 Å². The van der Waals surface area contributed by atoms with Crippen LogP contribution in [0.2, 0.25) is 0 Å². The number of ether oxygens (including phenoxy) is 3. The van der Waals surface area contributed by atoms with Crippen molar-refractivity contribution in [2.45, 2.75) is 160 Å². The number of aliphatic hydroxyl groups is 1. The van der Waals surface area contributed by atoms with Crippen molar-refractivity contribution in [3.8, 4) is 11.5 Å². The highest BCUT2D eigenvalue weighted by Crippen LogP contribution is 2.68. The molecule has 1 aliphatic heterocycles. The fraction of sp³-hybridized carbons (Fsp3) is 0.692. The van der Waals surface area contributed by atoms with Crippen LogP contribution in [0, 0.1) is 11.8 Å². The number of carbonyl (C=O) groups excluding carboxylic acids is 2.